The number of amidine groups is 1. The number of fused-ring (bicyclic) bond motifs is 1. The Bertz CT molecular complexity index is 801. The van der Waals surface area contributed by atoms with Gasteiger partial charge in [0.25, 0.3) is 0 Å². The van der Waals surface area contributed by atoms with Crippen molar-refractivity contribution < 1.29 is 0 Å². The van der Waals surface area contributed by atoms with Crippen molar-refractivity contribution in [2.45, 2.75) is 12.2 Å². The number of rotatable bonds is 5. The van der Waals surface area contributed by atoms with Gasteiger partial charge in [0.15, 0.2) is 10.7 Å². The number of halogens is 1. The van der Waals surface area contributed by atoms with Gasteiger partial charge in [-0.15, -0.1) is 0 Å². The van der Waals surface area contributed by atoms with Gasteiger partial charge < -0.3 is 25.8 Å². The van der Waals surface area contributed by atoms with E-state index < -0.39 is 0 Å². The van der Waals surface area contributed by atoms with Gasteiger partial charge in [0.05, 0.1) is 6.54 Å². The minimum Gasteiger partial charge on any atom is -0.361 e. The normalized spacial score (nSPS) is 18.4. The van der Waals surface area contributed by atoms with Crippen LogP contribution in [0.5, 0.6) is 0 Å². The number of nitrogens with one attached hydrogen (secondary N) is 4. The van der Waals surface area contributed by atoms with Crippen molar-refractivity contribution in [2.75, 3.05) is 20.1 Å². The summed E-state index contributed by atoms with van der Waals surface area (Å²) in [5, 5.41) is 11.1. The zero-order valence-electron chi connectivity index (χ0n) is 13.8. The largest absolute Gasteiger partial charge is 0.361 e. The SMILES string of the molecule is CN1C=CC(=NCCNC(=S)NCc2ccnc3[nH]ccc23)NC1Cl. The molecule has 1 aliphatic rings. The number of aromatic nitrogens is 2. The molecule has 0 fully saturated rings. The molecular formula is C16H20ClN7S. The third kappa shape index (κ3) is 4.61. The monoisotopic (exact) mass is 377 g/mol. The average molecular weight is 378 g/mol. The van der Waals surface area contributed by atoms with Crippen LogP contribution in [0.2, 0.25) is 0 Å². The molecule has 0 radical (unpaired) electrons. The highest BCUT2D eigenvalue weighted by atomic mass is 35.5. The summed E-state index contributed by atoms with van der Waals surface area (Å²) in [6.07, 6.45) is 7.45. The average Bonchev–Trinajstić information content (AvgIpc) is 3.09. The summed E-state index contributed by atoms with van der Waals surface area (Å²) in [4.78, 5) is 13.7. The predicted molar refractivity (Wildman–Crippen MR) is 106 cm³/mol. The fraction of sp³-hybridized carbons (Fsp3) is 0.312. The van der Waals surface area contributed by atoms with Gasteiger partial charge in [-0.25, -0.2) is 4.98 Å². The van der Waals surface area contributed by atoms with Crippen LogP contribution in [0.1, 0.15) is 5.56 Å². The Morgan fingerprint density at radius 1 is 1.44 bits per heavy atom. The minimum atomic E-state index is -0.273. The predicted octanol–water partition coefficient (Wildman–Crippen LogP) is 1.50. The lowest BCUT2D eigenvalue weighted by Crippen LogP contribution is -2.43. The van der Waals surface area contributed by atoms with Gasteiger partial charge in [-0.1, -0.05) is 11.6 Å². The maximum atomic E-state index is 6.09. The van der Waals surface area contributed by atoms with Crippen LogP contribution in [0.25, 0.3) is 11.0 Å². The van der Waals surface area contributed by atoms with Crippen molar-refractivity contribution in [3.05, 3.63) is 42.4 Å². The number of thiocarbonyl (C=S) groups is 1. The lowest BCUT2D eigenvalue weighted by atomic mass is 10.2. The third-order valence-corrected chi connectivity index (χ3v) is 4.47. The fourth-order valence-corrected chi connectivity index (χ4v) is 2.74. The number of hydrogen-bond donors (Lipinski definition) is 4. The summed E-state index contributed by atoms with van der Waals surface area (Å²) < 4.78 is 0. The molecular weight excluding hydrogens is 358 g/mol. The molecule has 0 saturated heterocycles. The molecule has 3 rings (SSSR count). The van der Waals surface area contributed by atoms with E-state index in [1.807, 2.05) is 42.6 Å². The second-order valence-corrected chi connectivity index (χ2v) is 6.37. The van der Waals surface area contributed by atoms with Crippen LogP contribution in [0.15, 0.2) is 41.8 Å². The van der Waals surface area contributed by atoms with E-state index in [0.29, 0.717) is 24.7 Å². The summed E-state index contributed by atoms with van der Waals surface area (Å²) in [5.41, 5.74) is 1.75. The summed E-state index contributed by atoms with van der Waals surface area (Å²) in [5.74, 6) is 0.769. The summed E-state index contributed by atoms with van der Waals surface area (Å²) in [6, 6.07) is 4.00. The van der Waals surface area contributed by atoms with E-state index in [2.05, 4.69) is 30.9 Å². The van der Waals surface area contributed by atoms with Gasteiger partial charge in [-0.3, -0.25) is 4.99 Å². The lowest BCUT2D eigenvalue weighted by molar-refractivity contribution is 0.393. The standard InChI is InChI=1S/C16H20ClN7S/c1-24-9-4-13(23-15(24)17)18-7-8-21-16(25)22-10-11-2-5-19-14-12(11)3-6-20-14/h2-6,9,15H,7-8,10H2,1H3,(H,18,23)(H,19,20)(H2,21,22,25). The highest BCUT2D eigenvalue weighted by molar-refractivity contribution is 7.80. The molecule has 9 heteroatoms. The van der Waals surface area contributed by atoms with Crippen molar-refractivity contribution in [1.82, 2.24) is 30.8 Å². The molecule has 2 aromatic rings. The van der Waals surface area contributed by atoms with Gasteiger partial charge in [0, 0.05) is 44.1 Å². The molecule has 0 aliphatic carbocycles. The van der Waals surface area contributed by atoms with Crippen LogP contribution in [-0.2, 0) is 6.54 Å². The van der Waals surface area contributed by atoms with Crippen LogP contribution in [-0.4, -0.2) is 51.6 Å². The number of H-pyrrole nitrogens is 1. The van der Waals surface area contributed by atoms with Gasteiger partial charge in [0.1, 0.15) is 11.5 Å². The molecule has 3 heterocycles. The third-order valence-electron chi connectivity index (χ3n) is 3.76. The first kappa shape index (κ1) is 17.5. The molecule has 0 bridgehead atoms. The van der Waals surface area contributed by atoms with Crippen LogP contribution < -0.4 is 16.0 Å². The van der Waals surface area contributed by atoms with Crippen molar-refractivity contribution in [3.63, 3.8) is 0 Å². The van der Waals surface area contributed by atoms with Crippen LogP contribution in [0, 0.1) is 0 Å². The molecule has 2 aromatic heterocycles. The van der Waals surface area contributed by atoms with E-state index in [1.54, 1.807) is 6.20 Å². The van der Waals surface area contributed by atoms with Gasteiger partial charge in [-0.2, -0.15) is 0 Å². The number of hydrogen-bond acceptors (Lipinski definition) is 4. The molecule has 0 aromatic carbocycles. The van der Waals surface area contributed by atoms with E-state index in [-0.39, 0.29) is 5.62 Å². The zero-order chi connectivity index (χ0) is 17.6. The Kier molecular flexibility index (Phi) is 5.72. The first-order valence-corrected chi connectivity index (χ1v) is 8.76. The molecule has 1 atom stereocenters. The summed E-state index contributed by atoms with van der Waals surface area (Å²) in [6.45, 7) is 1.88. The Morgan fingerprint density at radius 2 is 2.32 bits per heavy atom. The molecule has 0 spiro atoms. The summed E-state index contributed by atoms with van der Waals surface area (Å²) >= 11 is 11.4. The lowest BCUT2D eigenvalue weighted by Gasteiger charge is -2.26. The van der Waals surface area contributed by atoms with Crippen LogP contribution in [0.3, 0.4) is 0 Å². The minimum absolute atomic E-state index is 0.273. The van der Waals surface area contributed by atoms with Crippen molar-refractivity contribution in [2.24, 2.45) is 4.99 Å². The smallest absolute Gasteiger partial charge is 0.178 e. The number of aliphatic imine (C=N–C) groups is 1. The molecule has 25 heavy (non-hydrogen) atoms. The topological polar surface area (TPSA) is 80.4 Å². The molecule has 132 valence electrons. The Morgan fingerprint density at radius 3 is 3.16 bits per heavy atom. The van der Waals surface area contributed by atoms with Crippen molar-refractivity contribution >= 4 is 45.8 Å². The molecule has 1 aliphatic heterocycles. The van der Waals surface area contributed by atoms with Gasteiger partial charge >= 0.3 is 0 Å². The van der Waals surface area contributed by atoms with Crippen molar-refractivity contribution in [3.8, 4) is 0 Å². The molecule has 0 saturated carbocycles. The Balaban J connectivity index is 1.41. The molecule has 4 N–H and O–H groups in total. The number of aromatic amines is 1. The number of alkyl halides is 1. The van der Waals surface area contributed by atoms with Crippen molar-refractivity contribution in [1.29, 1.82) is 0 Å². The van der Waals surface area contributed by atoms with Gasteiger partial charge in [-0.05, 0) is 36.0 Å². The van der Waals surface area contributed by atoms with Gasteiger partial charge in [0.2, 0.25) is 0 Å². The first-order chi connectivity index (χ1) is 12.1. The second-order valence-electron chi connectivity index (χ2n) is 5.55. The molecule has 7 nitrogen and oxygen atoms in total. The second kappa shape index (κ2) is 8.17. The first-order valence-electron chi connectivity index (χ1n) is 7.91. The van der Waals surface area contributed by atoms with Crippen LogP contribution >= 0.6 is 23.8 Å². The maximum Gasteiger partial charge on any atom is 0.178 e. The zero-order valence-corrected chi connectivity index (χ0v) is 15.4. The van der Waals surface area contributed by atoms with E-state index in [1.165, 1.54) is 0 Å². The molecule has 1 unspecified atom stereocenters. The Labute approximate surface area is 156 Å². The highest BCUT2D eigenvalue weighted by Crippen LogP contribution is 2.14. The fourth-order valence-electron chi connectivity index (χ4n) is 2.39. The number of pyridine rings is 1. The van der Waals surface area contributed by atoms with Crippen LogP contribution in [0.4, 0.5) is 0 Å². The van der Waals surface area contributed by atoms with E-state index in [4.69, 9.17) is 23.8 Å². The van der Waals surface area contributed by atoms with E-state index in [9.17, 15) is 0 Å². The molecule has 0 amide bonds. The quantitative estimate of drug-likeness (QED) is 0.274. The maximum absolute atomic E-state index is 6.09. The van der Waals surface area contributed by atoms with E-state index in [0.717, 1.165) is 22.4 Å². The Hall–Kier alpha value is -2.32. The van der Waals surface area contributed by atoms with E-state index >= 15 is 0 Å². The highest BCUT2D eigenvalue weighted by Gasteiger charge is 2.12. The number of nitrogens with zero attached hydrogens (tertiary/aromatic N) is 3. The summed E-state index contributed by atoms with van der Waals surface area (Å²) in [7, 11) is 1.90.